The van der Waals surface area contributed by atoms with E-state index in [1.54, 1.807) is 12.1 Å². The van der Waals surface area contributed by atoms with Gasteiger partial charge in [0, 0.05) is 49.6 Å². The molecule has 1 aromatic carbocycles. The number of amides is 2. The van der Waals surface area contributed by atoms with Crippen molar-refractivity contribution in [1.82, 2.24) is 20.1 Å². The molecule has 3 fully saturated rings. The summed E-state index contributed by atoms with van der Waals surface area (Å²) in [4.78, 5) is 32.8. The van der Waals surface area contributed by atoms with Crippen molar-refractivity contribution < 1.29 is 14.0 Å². The first kappa shape index (κ1) is 20.5. The molecule has 3 atom stereocenters. The van der Waals surface area contributed by atoms with Crippen molar-refractivity contribution in [2.24, 2.45) is 0 Å². The fourth-order valence-corrected chi connectivity index (χ4v) is 5.76. The minimum Gasteiger partial charge on any atom is -0.350 e. The van der Waals surface area contributed by atoms with Crippen molar-refractivity contribution >= 4 is 22.7 Å². The zero-order valence-electron chi connectivity index (χ0n) is 18.1. The minimum atomic E-state index is -0.311. The van der Waals surface area contributed by atoms with Gasteiger partial charge in [-0.2, -0.15) is 0 Å². The number of piperazine rings is 1. The standard InChI is InChI=1S/C24H31FN4O2/c1-15-8-9-20(25)19-13-21(27-23(15)19)24(31)26-16-4-2-5-17(12-16)28-10-11-29-18(14-28)6-3-7-22(29)30/h8-9,13,16-18,27H,2-7,10-12,14H2,1H3,(H,26,31)/t16-,17-,18?/m1/s1. The molecule has 166 valence electrons. The molecule has 2 aromatic rings. The number of rotatable bonds is 3. The van der Waals surface area contributed by atoms with Crippen LogP contribution >= 0.6 is 0 Å². The smallest absolute Gasteiger partial charge is 0.267 e. The number of H-pyrrole nitrogens is 1. The first-order valence-electron chi connectivity index (χ1n) is 11.6. The molecule has 1 aromatic heterocycles. The van der Waals surface area contributed by atoms with Crippen molar-refractivity contribution in [2.75, 3.05) is 19.6 Å². The van der Waals surface area contributed by atoms with Crippen LogP contribution in [0, 0.1) is 12.7 Å². The maximum absolute atomic E-state index is 14.1. The van der Waals surface area contributed by atoms with Gasteiger partial charge in [-0.15, -0.1) is 0 Å². The molecule has 2 amide bonds. The predicted molar refractivity (Wildman–Crippen MR) is 117 cm³/mol. The summed E-state index contributed by atoms with van der Waals surface area (Å²) in [6.45, 7) is 4.62. The van der Waals surface area contributed by atoms with E-state index in [0.717, 1.165) is 63.7 Å². The molecule has 6 nitrogen and oxygen atoms in total. The van der Waals surface area contributed by atoms with Gasteiger partial charge < -0.3 is 15.2 Å². The lowest BCUT2D eigenvalue weighted by Gasteiger charge is -2.48. The number of benzene rings is 1. The van der Waals surface area contributed by atoms with Gasteiger partial charge in [-0.05, 0) is 63.1 Å². The Labute approximate surface area is 182 Å². The van der Waals surface area contributed by atoms with Crippen LogP contribution < -0.4 is 5.32 Å². The highest BCUT2D eigenvalue weighted by atomic mass is 19.1. The van der Waals surface area contributed by atoms with E-state index in [9.17, 15) is 14.0 Å². The number of nitrogens with one attached hydrogen (secondary N) is 2. The Morgan fingerprint density at radius 1 is 1.16 bits per heavy atom. The van der Waals surface area contributed by atoms with Crippen LogP contribution in [-0.4, -0.2) is 64.4 Å². The number of hydrogen-bond donors (Lipinski definition) is 2. The van der Waals surface area contributed by atoms with Gasteiger partial charge >= 0.3 is 0 Å². The van der Waals surface area contributed by atoms with Crippen LogP contribution in [0.5, 0.6) is 0 Å². The van der Waals surface area contributed by atoms with Crippen LogP contribution in [0.1, 0.15) is 61.0 Å². The van der Waals surface area contributed by atoms with E-state index in [-0.39, 0.29) is 17.8 Å². The maximum Gasteiger partial charge on any atom is 0.267 e. The average Bonchev–Trinajstić information content (AvgIpc) is 3.24. The van der Waals surface area contributed by atoms with Crippen LogP contribution in [0.4, 0.5) is 4.39 Å². The lowest BCUT2D eigenvalue weighted by molar-refractivity contribution is -0.140. The summed E-state index contributed by atoms with van der Waals surface area (Å²) in [5, 5.41) is 3.65. The fourth-order valence-electron chi connectivity index (χ4n) is 5.76. The molecule has 7 heteroatoms. The molecule has 0 spiro atoms. The van der Waals surface area contributed by atoms with Gasteiger partial charge in [-0.3, -0.25) is 14.5 Å². The molecule has 1 saturated carbocycles. The number of piperidine rings is 1. The number of aromatic nitrogens is 1. The van der Waals surface area contributed by atoms with E-state index >= 15 is 0 Å². The topological polar surface area (TPSA) is 68.4 Å². The second-order valence-electron chi connectivity index (χ2n) is 9.45. The van der Waals surface area contributed by atoms with Gasteiger partial charge in [0.1, 0.15) is 11.5 Å². The molecule has 1 unspecified atom stereocenters. The third-order valence-electron chi connectivity index (χ3n) is 7.45. The van der Waals surface area contributed by atoms with Gasteiger partial charge in [0.05, 0.1) is 5.52 Å². The summed E-state index contributed by atoms with van der Waals surface area (Å²) in [5.41, 5.74) is 2.03. The number of hydrogen-bond acceptors (Lipinski definition) is 3. The number of aromatic amines is 1. The van der Waals surface area contributed by atoms with Gasteiger partial charge in [0.15, 0.2) is 0 Å². The van der Waals surface area contributed by atoms with Crippen LogP contribution in [0.15, 0.2) is 18.2 Å². The molecule has 5 rings (SSSR count). The third kappa shape index (κ3) is 3.95. The van der Waals surface area contributed by atoms with Crippen molar-refractivity contribution in [3.05, 3.63) is 35.3 Å². The summed E-state index contributed by atoms with van der Waals surface area (Å²) in [6.07, 6.45) is 6.93. The van der Waals surface area contributed by atoms with Crippen LogP contribution in [-0.2, 0) is 4.79 Å². The number of carbonyl (C=O) groups excluding carboxylic acids is 2. The Morgan fingerprint density at radius 3 is 2.84 bits per heavy atom. The van der Waals surface area contributed by atoms with Crippen molar-refractivity contribution in [2.45, 2.75) is 70.0 Å². The van der Waals surface area contributed by atoms with Gasteiger partial charge in [-0.25, -0.2) is 4.39 Å². The Morgan fingerprint density at radius 2 is 2.00 bits per heavy atom. The first-order valence-corrected chi connectivity index (χ1v) is 11.6. The Kier molecular flexibility index (Phi) is 5.46. The number of fused-ring (bicyclic) bond motifs is 2. The molecule has 2 aliphatic heterocycles. The fraction of sp³-hybridized carbons (Fsp3) is 0.583. The average molecular weight is 427 g/mol. The number of aryl methyl sites for hydroxylation is 1. The highest BCUT2D eigenvalue weighted by Gasteiger charge is 2.37. The first-order chi connectivity index (χ1) is 15.0. The summed E-state index contributed by atoms with van der Waals surface area (Å²) in [6, 6.07) is 5.71. The molecule has 2 saturated heterocycles. The van der Waals surface area contributed by atoms with E-state index < -0.39 is 0 Å². The summed E-state index contributed by atoms with van der Waals surface area (Å²) >= 11 is 0. The van der Waals surface area contributed by atoms with Gasteiger partial charge in [-0.1, -0.05) is 6.07 Å². The molecular formula is C24H31FN4O2. The number of halogens is 1. The predicted octanol–water partition coefficient (Wildman–Crippen LogP) is 3.35. The van der Waals surface area contributed by atoms with Crippen molar-refractivity contribution in [3.8, 4) is 0 Å². The molecule has 3 aliphatic rings. The quantitative estimate of drug-likeness (QED) is 0.791. The molecule has 0 bridgehead atoms. The van der Waals surface area contributed by atoms with E-state index in [0.29, 0.717) is 41.0 Å². The zero-order valence-corrected chi connectivity index (χ0v) is 18.1. The van der Waals surface area contributed by atoms with E-state index in [1.807, 2.05) is 6.92 Å². The second-order valence-corrected chi connectivity index (χ2v) is 9.45. The Hall–Kier alpha value is -2.41. The highest BCUT2D eigenvalue weighted by Crippen LogP contribution is 2.29. The summed E-state index contributed by atoms with van der Waals surface area (Å²) in [7, 11) is 0. The van der Waals surface area contributed by atoms with Crippen molar-refractivity contribution in [3.63, 3.8) is 0 Å². The van der Waals surface area contributed by atoms with E-state index in [2.05, 4.69) is 20.1 Å². The molecule has 0 radical (unpaired) electrons. The second kappa shape index (κ2) is 8.26. The van der Waals surface area contributed by atoms with Gasteiger partial charge in [0.2, 0.25) is 5.91 Å². The lowest BCUT2D eigenvalue weighted by atomic mass is 9.88. The van der Waals surface area contributed by atoms with Crippen LogP contribution in [0.3, 0.4) is 0 Å². The largest absolute Gasteiger partial charge is 0.350 e. The molecule has 31 heavy (non-hydrogen) atoms. The van der Waals surface area contributed by atoms with E-state index in [1.165, 1.54) is 6.07 Å². The Bertz CT molecular complexity index is 964. The van der Waals surface area contributed by atoms with Gasteiger partial charge in [0.25, 0.3) is 5.91 Å². The summed E-state index contributed by atoms with van der Waals surface area (Å²) < 4.78 is 14.1. The lowest BCUT2D eigenvalue weighted by Crippen LogP contribution is -2.60. The normalized spacial score (nSPS) is 27.4. The molecule has 1 aliphatic carbocycles. The molecule has 2 N–H and O–H groups in total. The third-order valence-corrected chi connectivity index (χ3v) is 7.45. The highest BCUT2D eigenvalue weighted by molar-refractivity contribution is 5.99. The summed E-state index contributed by atoms with van der Waals surface area (Å²) in [5.74, 6) is -0.160. The Balaban J connectivity index is 1.23. The maximum atomic E-state index is 14.1. The number of nitrogens with zero attached hydrogens (tertiary/aromatic N) is 2. The number of carbonyl (C=O) groups is 2. The van der Waals surface area contributed by atoms with Crippen LogP contribution in [0.25, 0.3) is 10.9 Å². The molecular weight excluding hydrogens is 395 g/mol. The van der Waals surface area contributed by atoms with Crippen LogP contribution in [0.2, 0.25) is 0 Å². The monoisotopic (exact) mass is 426 g/mol. The molecule has 3 heterocycles. The van der Waals surface area contributed by atoms with E-state index in [4.69, 9.17) is 0 Å². The minimum absolute atomic E-state index is 0.120. The zero-order chi connectivity index (χ0) is 21.5. The SMILES string of the molecule is Cc1ccc(F)c2cc(C(=O)N[C@@H]3CCC[C@@H](N4CCN5C(=O)CCCC5C4)C3)[nH]c12. The van der Waals surface area contributed by atoms with Crippen molar-refractivity contribution in [1.29, 1.82) is 0 Å².